The van der Waals surface area contributed by atoms with Crippen LogP contribution in [-0.4, -0.2) is 0 Å². The van der Waals surface area contributed by atoms with E-state index in [0.29, 0.717) is 0 Å². The average molecular weight is 400 g/mol. The van der Waals surface area contributed by atoms with Crippen LogP contribution < -0.4 is 0 Å². The van der Waals surface area contributed by atoms with Crippen molar-refractivity contribution in [3.8, 4) is 6.07 Å². The minimum atomic E-state index is -0.724. The van der Waals surface area contributed by atoms with Crippen molar-refractivity contribution in [1.82, 2.24) is 0 Å². The molecule has 0 atom stereocenters. The molecule has 0 heterocycles. The number of hydrogen-bond donors (Lipinski definition) is 0. The van der Waals surface area contributed by atoms with Crippen LogP contribution in [0.1, 0.15) is 101 Å². The topological polar surface area (TPSA) is 23.8 Å². The second-order valence-corrected chi connectivity index (χ2v) is 9.26. The molecule has 0 N–H and O–H groups in total. The third kappa shape index (κ3) is 6.14. The summed E-state index contributed by atoms with van der Waals surface area (Å²) >= 11 is 0. The van der Waals surface area contributed by atoms with Crippen molar-refractivity contribution in [2.75, 3.05) is 0 Å². The molecule has 0 amide bonds. The van der Waals surface area contributed by atoms with E-state index in [1.54, 1.807) is 6.07 Å². The highest BCUT2D eigenvalue weighted by molar-refractivity contribution is 5.36. The van der Waals surface area contributed by atoms with Gasteiger partial charge in [-0.3, -0.25) is 0 Å². The summed E-state index contributed by atoms with van der Waals surface area (Å²) in [4.78, 5) is 0. The highest BCUT2D eigenvalue weighted by atomic mass is 19.1. The van der Waals surface area contributed by atoms with Gasteiger partial charge in [-0.15, -0.1) is 0 Å². The number of benzene rings is 1. The Hall–Kier alpha value is -1.69. The number of allylic oxidation sites excluding steroid dienone is 2. The van der Waals surface area contributed by atoms with Crippen LogP contribution in [0.3, 0.4) is 0 Å². The summed E-state index contributed by atoms with van der Waals surface area (Å²) in [7, 11) is 0. The molecule has 2 aliphatic rings. The molecule has 2 aliphatic carbocycles. The molecule has 1 aromatic carbocycles. The number of rotatable bonds is 7. The van der Waals surface area contributed by atoms with Gasteiger partial charge in [-0.05, 0) is 106 Å². The van der Waals surface area contributed by atoms with Crippen molar-refractivity contribution in [2.45, 2.75) is 89.9 Å². The van der Waals surface area contributed by atoms with Crippen molar-refractivity contribution >= 4 is 0 Å². The van der Waals surface area contributed by atoms with E-state index in [4.69, 9.17) is 5.26 Å². The standard InChI is InChI=1S/C26H35F2N/c1-2-5-19-8-10-20(11-9-19)6-3-4-7-21-12-14-22(15-13-21)23-16-25(27)24(18-29)26(28)17-23/h3,6,16-17,19-22H,2,4-5,7-15H2,1H3/b6-3+. The van der Waals surface area contributed by atoms with Gasteiger partial charge in [0.1, 0.15) is 23.3 Å². The van der Waals surface area contributed by atoms with E-state index in [2.05, 4.69) is 19.1 Å². The third-order valence-electron chi connectivity index (χ3n) is 7.23. The Morgan fingerprint density at radius 3 is 2.10 bits per heavy atom. The lowest BCUT2D eigenvalue weighted by molar-refractivity contribution is 0.293. The molecule has 0 aliphatic heterocycles. The molecular formula is C26H35F2N. The fraction of sp³-hybridized carbons (Fsp3) is 0.654. The zero-order valence-corrected chi connectivity index (χ0v) is 17.8. The molecule has 2 fully saturated rings. The van der Waals surface area contributed by atoms with Gasteiger partial charge in [0.2, 0.25) is 0 Å². The average Bonchev–Trinajstić information content (AvgIpc) is 2.73. The molecular weight excluding hydrogens is 364 g/mol. The molecule has 158 valence electrons. The quantitative estimate of drug-likeness (QED) is 0.425. The molecule has 1 aromatic rings. The zero-order valence-electron chi connectivity index (χ0n) is 17.8. The van der Waals surface area contributed by atoms with Crippen molar-refractivity contribution < 1.29 is 8.78 Å². The van der Waals surface area contributed by atoms with Crippen molar-refractivity contribution in [3.63, 3.8) is 0 Å². The van der Waals surface area contributed by atoms with Crippen LogP contribution in [-0.2, 0) is 0 Å². The van der Waals surface area contributed by atoms with Crippen LogP contribution in [0, 0.1) is 40.7 Å². The van der Waals surface area contributed by atoms with Crippen molar-refractivity contribution in [1.29, 1.82) is 5.26 Å². The van der Waals surface area contributed by atoms with E-state index < -0.39 is 17.2 Å². The Morgan fingerprint density at radius 2 is 1.52 bits per heavy atom. The van der Waals surface area contributed by atoms with Crippen LogP contribution in [0.4, 0.5) is 8.78 Å². The third-order valence-corrected chi connectivity index (χ3v) is 7.23. The van der Waals surface area contributed by atoms with Crippen LogP contribution in [0.25, 0.3) is 0 Å². The van der Waals surface area contributed by atoms with E-state index in [1.165, 1.54) is 57.1 Å². The van der Waals surface area contributed by atoms with Gasteiger partial charge in [0.25, 0.3) is 0 Å². The first-order chi connectivity index (χ1) is 14.1. The lowest BCUT2D eigenvalue weighted by Crippen LogP contribution is -2.14. The Bertz CT molecular complexity index is 694. The van der Waals surface area contributed by atoms with Crippen LogP contribution in [0.15, 0.2) is 24.3 Å². The Labute approximate surface area is 175 Å². The Morgan fingerprint density at radius 1 is 0.931 bits per heavy atom. The SMILES string of the molecule is CCCC1CCC(/C=C/CCC2CCC(c3cc(F)c(C#N)c(F)c3)CC2)CC1. The number of halogens is 2. The van der Waals surface area contributed by atoms with Gasteiger partial charge in [-0.25, -0.2) is 8.78 Å². The second-order valence-electron chi connectivity index (χ2n) is 9.26. The summed E-state index contributed by atoms with van der Waals surface area (Å²) < 4.78 is 27.8. The predicted molar refractivity (Wildman–Crippen MR) is 115 cm³/mol. The second kappa shape index (κ2) is 10.9. The van der Waals surface area contributed by atoms with E-state index in [9.17, 15) is 8.78 Å². The molecule has 0 aromatic heterocycles. The van der Waals surface area contributed by atoms with Gasteiger partial charge in [0.05, 0.1) is 0 Å². The smallest absolute Gasteiger partial charge is 0.144 e. The van der Waals surface area contributed by atoms with E-state index in [-0.39, 0.29) is 5.92 Å². The number of hydrogen-bond acceptors (Lipinski definition) is 1. The van der Waals surface area contributed by atoms with E-state index in [0.717, 1.165) is 55.4 Å². The lowest BCUT2D eigenvalue weighted by atomic mass is 9.77. The maximum atomic E-state index is 13.9. The van der Waals surface area contributed by atoms with Gasteiger partial charge < -0.3 is 0 Å². The first kappa shape index (κ1) is 22.0. The van der Waals surface area contributed by atoms with E-state index in [1.807, 2.05) is 0 Å². The summed E-state index contributed by atoms with van der Waals surface area (Å²) in [6.45, 7) is 2.29. The Balaban J connectivity index is 1.38. The molecule has 3 heteroatoms. The molecule has 0 spiro atoms. The first-order valence-corrected chi connectivity index (χ1v) is 11.7. The largest absolute Gasteiger partial charge is 0.205 e. The minimum absolute atomic E-state index is 0.219. The normalized spacial score (nSPS) is 27.8. The summed E-state index contributed by atoms with van der Waals surface area (Å²) in [5, 5.41) is 8.82. The van der Waals surface area contributed by atoms with Gasteiger partial charge in [0, 0.05) is 0 Å². The molecule has 2 saturated carbocycles. The number of nitriles is 1. The summed E-state index contributed by atoms with van der Waals surface area (Å²) in [6.07, 6.45) is 19.8. The van der Waals surface area contributed by atoms with Crippen LogP contribution in [0.5, 0.6) is 0 Å². The molecule has 0 unspecified atom stereocenters. The summed E-state index contributed by atoms with van der Waals surface area (Å²) in [6, 6.07) is 4.34. The molecule has 3 rings (SSSR count). The maximum Gasteiger partial charge on any atom is 0.144 e. The van der Waals surface area contributed by atoms with Crippen molar-refractivity contribution in [3.05, 3.63) is 47.0 Å². The van der Waals surface area contributed by atoms with Gasteiger partial charge in [-0.2, -0.15) is 5.26 Å². The first-order valence-electron chi connectivity index (χ1n) is 11.7. The fourth-order valence-electron chi connectivity index (χ4n) is 5.42. The summed E-state index contributed by atoms with van der Waals surface area (Å²) in [5.41, 5.74) is 0.254. The van der Waals surface area contributed by atoms with E-state index >= 15 is 0 Å². The predicted octanol–water partition coefficient (Wildman–Crippen LogP) is 8.05. The number of nitrogens with zero attached hydrogens (tertiary/aromatic N) is 1. The molecule has 0 radical (unpaired) electrons. The van der Waals surface area contributed by atoms with Crippen LogP contribution in [0.2, 0.25) is 0 Å². The van der Waals surface area contributed by atoms with Gasteiger partial charge in [-0.1, -0.05) is 31.9 Å². The van der Waals surface area contributed by atoms with Crippen LogP contribution >= 0.6 is 0 Å². The maximum absolute atomic E-state index is 13.9. The fourth-order valence-corrected chi connectivity index (χ4v) is 5.42. The molecule has 0 saturated heterocycles. The highest BCUT2D eigenvalue weighted by Gasteiger charge is 2.24. The van der Waals surface area contributed by atoms with Gasteiger partial charge in [0.15, 0.2) is 0 Å². The minimum Gasteiger partial charge on any atom is -0.205 e. The summed E-state index contributed by atoms with van der Waals surface area (Å²) in [5.74, 6) is 1.26. The lowest BCUT2D eigenvalue weighted by Gasteiger charge is -2.29. The molecule has 0 bridgehead atoms. The highest BCUT2D eigenvalue weighted by Crippen LogP contribution is 2.38. The Kier molecular flexibility index (Phi) is 8.28. The monoisotopic (exact) mass is 399 g/mol. The molecule has 1 nitrogen and oxygen atoms in total. The van der Waals surface area contributed by atoms with Crippen molar-refractivity contribution in [2.24, 2.45) is 17.8 Å². The van der Waals surface area contributed by atoms with Gasteiger partial charge >= 0.3 is 0 Å². The zero-order chi connectivity index (χ0) is 20.6. The molecule has 29 heavy (non-hydrogen) atoms.